The molecule has 0 spiro atoms. The van der Waals surface area contributed by atoms with Crippen LogP contribution in [0.5, 0.6) is 0 Å². The third-order valence-electron chi connectivity index (χ3n) is 3.18. The normalized spacial score (nSPS) is 22.2. The number of hydrogen-bond donors (Lipinski definition) is 2. The lowest BCUT2D eigenvalue weighted by Gasteiger charge is -2.28. The van der Waals surface area contributed by atoms with Crippen molar-refractivity contribution in [3.8, 4) is 0 Å². The Balaban J connectivity index is 2.63. The van der Waals surface area contributed by atoms with Crippen molar-refractivity contribution in [3.05, 3.63) is 0 Å². The molecule has 6 heteroatoms. The van der Waals surface area contributed by atoms with Crippen LogP contribution in [0.1, 0.15) is 32.6 Å². The molecule has 1 aliphatic rings. The van der Waals surface area contributed by atoms with E-state index in [4.69, 9.17) is 10.5 Å². The largest absolute Gasteiger partial charge is 0.381 e. The fourth-order valence-corrected chi connectivity index (χ4v) is 3.93. The van der Waals surface area contributed by atoms with Crippen molar-refractivity contribution in [2.45, 2.75) is 44.2 Å². The Hall–Kier alpha value is -0.170. The summed E-state index contributed by atoms with van der Waals surface area (Å²) >= 11 is 0. The molecular formula is C10H22N2O3S. The molecule has 1 aliphatic carbocycles. The van der Waals surface area contributed by atoms with Gasteiger partial charge in [0.2, 0.25) is 10.0 Å². The van der Waals surface area contributed by atoms with Gasteiger partial charge in [-0.1, -0.05) is 12.8 Å². The summed E-state index contributed by atoms with van der Waals surface area (Å²) in [6.45, 7) is 2.11. The van der Waals surface area contributed by atoms with Gasteiger partial charge in [0.15, 0.2) is 0 Å². The highest BCUT2D eigenvalue weighted by Gasteiger charge is 2.36. The highest BCUT2D eigenvalue weighted by atomic mass is 32.2. The van der Waals surface area contributed by atoms with Crippen LogP contribution in [-0.2, 0) is 14.8 Å². The van der Waals surface area contributed by atoms with Gasteiger partial charge in [-0.25, -0.2) is 13.1 Å². The summed E-state index contributed by atoms with van der Waals surface area (Å²) in [6.07, 6.45) is 3.46. The molecule has 0 aromatic heterocycles. The minimum atomic E-state index is -3.30. The molecule has 0 heterocycles. The molecular weight excluding hydrogens is 228 g/mol. The number of sulfonamides is 1. The Morgan fingerprint density at radius 2 is 2.00 bits per heavy atom. The number of nitrogens with one attached hydrogen (secondary N) is 1. The lowest BCUT2D eigenvalue weighted by atomic mass is 10.0. The molecule has 0 aromatic carbocycles. The number of rotatable bonds is 6. The predicted molar refractivity (Wildman–Crippen MR) is 63.6 cm³/mol. The van der Waals surface area contributed by atoms with Crippen molar-refractivity contribution in [2.75, 3.05) is 19.4 Å². The average Bonchev–Trinajstić information content (AvgIpc) is 2.65. The highest BCUT2D eigenvalue weighted by molar-refractivity contribution is 7.89. The molecule has 0 bridgehead atoms. The van der Waals surface area contributed by atoms with Gasteiger partial charge in [0, 0.05) is 19.2 Å². The Bertz CT molecular complexity index is 310. The van der Waals surface area contributed by atoms with E-state index >= 15 is 0 Å². The van der Waals surface area contributed by atoms with Crippen LogP contribution in [0.3, 0.4) is 0 Å². The van der Waals surface area contributed by atoms with Crippen LogP contribution in [0.15, 0.2) is 0 Å². The van der Waals surface area contributed by atoms with E-state index in [0.29, 0.717) is 6.54 Å². The topological polar surface area (TPSA) is 81.4 Å². The molecule has 16 heavy (non-hydrogen) atoms. The zero-order chi connectivity index (χ0) is 12.2. The summed E-state index contributed by atoms with van der Waals surface area (Å²) < 4.78 is 31.5. The summed E-state index contributed by atoms with van der Waals surface area (Å²) in [5.41, 5.74) is 5.27. The van der Waals surface area contributed by atoms with Gasteiger partial charge in [0.1, 0.15) is 0 Å². The minimum absolute atomic E-state index is 0.00868. The van der Waals surface area contributed by atoms with Crippen molar-refractivity contribution in [1.29, 1.82) is 0 Å². The maximum Gasteiger partial charge on any atom is 0.214 e. The Labute approximate surface area is 97.8 Å². The first-order chi connectivity index (χ1) is 7.43. The van der Waals surface area contributed by atoms with Crippen molar-refractivity contribution in [1.82, 2.24) is 4.72 Å². The van der Waals surface area contributed by atoms with Gasteiger partial charge in [0.05, 0.1) is 11.9 Å². The molecule has 5 nitrogen and oxygen atoms in total. The SMILES string of the molecule is COC(C)CS(=O)(=O)NC1(CN)CCCC1. The molecule has 0 saturated heterocycles. The van der Waals surface area contributed by atoms with E-state index in [1.54, 1.807) is 6.92 Å². The third kappa shape index (κ3) is 3.69. The van der Waals surface area contributed by atoms with E-state index in [0.717, 1.165) is 25.7 Å². The van der Waals surface area contributed by atoms with Crippen molar-refractivity contribution >= 4 is 10.0 Å². The smallest absolute Gasteiger partial charge is 0.214 e. The predicted octanol–water partition coefficient (Wildman–Crippen LogP) is 0.212. The standard InChI is InChI=1S/C10H22N2O3S/c1-9(15-2)7-16(13,14)12-10(8-11)5-3-4-6-10/h9,12H,3-8,11H2,1-2H3. The monoisotopic (exact) mass is 250 g/mol. The summed E-state index contributed by atoms with van der Waals surface area (Å²) in [5.74, 6) is -0.00868. The molecule has 0 aromatic rings. The van der Waals surface area contributed by atoms with Gasteiger partial charge >= 0.3 is 0 Å². The van der Waals surface area contributed by atoms with Gasteiger partial charge in [-0.15, -0.1) is 0 Å². The van der Waals surface area contributed by atoms with Crippen LogP contribution in [0.2, 0.25) is 0 Å². The number of ether oxygens (including phenoxy) is 1. The van der Waals surface area contributed by atoms with Gasteiger partial charge in [-0.05, 0) is 19.8 Å². The number of methoxy groups -OCH3 is 1. The molecule has 3 N–H and O–H groups in total. The Morgan fingerprint density at radius 1 is 1.44 bits per heavy atom. The summed E-state index contributed by atoms with van der Waals surface area (Å²) in [6, 6.07) is 0. The van der Waals surface area contributed by atoms with Crippen LogP contribution in [0.4, 0.5) is 0 Å². The summed E-state index contributed by atoms with van der Waals surface area (Å²) in [5, 5.41) is 0. The average molecular weight is 250 g/mol. The molecule has 0 radical (unpaired) electrons. The maximum absolute atomic E-state index is 11.9. The molecule has 1 unspecified atom stereocenters. The van der Waals surface area contributed by atoms with Crippen LogP contribution in [0.25, 0.3) is 0 Å². The van der Waals surface area contributed by atoms with Crippen molar-refractivity contribution in [3.63, 3.8) is 0 Å². The third-order valence-corrected chi connectivity index (χ3v) is 4.83. The summed E-state index contributed by atoms with van der Waals surface area (Å²) in [7, 11) is -1.79. The van der Waals surface area contributed by atoms with Gasteiger partial charge in [-0.2, -0.15) is 0 Å². The fraction of sp³-hybridized carbons (Fsp3) is 1.00. The first kappa shape index (κ1) is 13.9. The molecule has 0 amide bonds. The summed E-state index contributed by atoms with van der Waals surface area (Å²) in [4.78, 5) is 0. The lowest BCUT2D eigenvalue weighted by molar-refractivity contribution is 0.135. The first-order valence-corrected chi connectivity index (χ1v) is 7.33. The van der Waals surface area contributed by atoms with E-state index < -0.39 is 15.6 Å². The highest BCUT2D eigenvalue weighted by Crippen LogP contribution is 2.29. The zero-order valence-corrected chi connectivity index (χ0v) is 10.8. The molecule has 0 aliphatic heterocycles. The van der Waals surface area contributed by atoms with Gasteiger partial charge in [-0.3, -0.25) is 0 Å². The zero-order valence-electron chi connectivity index (χ0n) is 10.0. The quantitative estimate of drug-likeness (QED) is 0.706. The first-order valence-electron chi connectivity index (χ1n) is 5.67. The minimum Gasteiger partial charge on any atom is -0.381 e. The van der Waals surface area contributed by atoms with Crippen molar-refractivity contribution < 1.29 is 13.2 Å². The molecule has 1 fully saturated rings. The van der Waals surface area contributed by atoms with Crippen molar-refractivity contribution in [2.24, 2.45) is 5.73 Å². The van der Waals surface area contributed by atoms with Gasteiger partial charge < -0.3 is 10.5 Å². The van der Waals surface area contributed by atoms with E-state index in [1.165, 1.54) is 7.11 Å². The maximum atomic E-state index is 11.9. The Morgan fingerprint density at radius 3 is 2.44 bits per heavy atom. The van der Waals surface area contributed by atoms with Crippen LogP contribution in [-0.4, -0.2) is 39.5 Å². The van der Waals surface area contributed by atoms with E-state index in [1.807, 2.05) is 0 Å². The fourth-order valence-electron chi connectivity index (χ4n) is 2.15. The van der Waals surface area contributed by atoms with E-state index in [9.17, 15) is 8.42 Å². The van der Waals surface area contributed by atoms with Crippen LogP contribution >= 0.6 is 0 Å². The molecule has 1 rings (SSSR count). The molecule has 1 saturated carbocycles. The van der Waals surface area contributed by atoms with E-state index in [2.05, 4.69) is 4.72 Å². The lowest BCUT2D eigenvalue weighted by Crippen LogP contribution is -2.53. The Kier molecular flexibility index (Phi) is 4.73. The molecule has 96 valence electrons. The second-order valence-corrected chi connectivity index (χ2v) is 6.39. The second kappa shape index (κ2) is 5.44. The number of nitrogens with two attached hydrogens (primary N) is 1. The van der Waals surface area contributed by atoms with Crippen LogP contribution in [0, 0.1) is 0 Å². The van der Waals surface area contributed by atoms with Gasteiger partial charge in [0.25, 0.3) is 0 Å². The number of hydrogen-bond acceptors (Lipinski definition) is 4. The second-order valence-electron chi connectivity index (χ2n) is 4.62. The van der Waals surface area contributed by atoms with Crippen LogP contribution < -0.4 is 10.5 Å². The van der Waals surface area contributed by atoms with E-state index in [-0.39, 0.29) is 11.9 Å². The molecule has 1 atom stereocenters.